The van der Waals surface area contributed by atoms with Crippen molar-refractivity contribution in [1.29, 1.82) is 0 Å². The van der Waals surface area contributed by atoms with Crippen LogP contribution in [0.3, 0.4) is 0 Å². The summed E-state index contributed by atoms with van der Waals surface area (Å²) in [6, 6.07) is 11.2. The molecule has 0 saturated heterocycles. The van der Waals surface area contributed by atoms with Crippen LogP contribution in [0.4, 0.5) is 0 Å². The molecule has 0 saturated carbocycles. The van der Waals surface area contributed by atoms with Crippen molar-refractivity contribution in [3.8, 4) is 5.69 Å². The van der Waals surface area contributed by atoms with Gasteiger partial charge in [-0.25, -0.2) is 0 Å². The van der Waals surface area contributed by atoms with E-state index in [2.05, 4.69) is 77.3 Å². The van der Waals surface area contributed by atoms with E-state index in [1.807, 2.05) is 22.8 Å². The lowest BCUT2D eigenvalue weighted by atomic mass is 10.2. The highest BCUT2D eigenvalue weighted by Crippen LogP contribution is 2.11. The van der Waals surface area contributed by atoms with E-state index in [1.165, 1.54) is 0 Å². The first-order valence-corrected chi connectivity index (χ1v) is 13.5. The van der Waals surface area contributed by atoms with Crippen LogP contribution >= 0.6 is 45.1 Å². The molecule has 0 aliphatic rings. The number of hydrogen-bond acceptors (Lipinski definition) is 4. The SMILES string of the molecule is CC(C)N(C(=S)N=c1ssc(=NC(=S)N(C(C)C)C(C)C)n1-c1ccccc1)C(C)C. The van der Waals surface area contributed by atoms with E-state index in [1.54, 1.807) is 20.7 Å². The van der Waals surface area contributed by atoms with Gasteiger partial charge in [0.25, 0.3) is 0 Å². The lowest BCUT2D eigenvalue weighted by Gasteiger charge is -2.31. The van der Waals surface area contributed by atoms with Crippen LogP contribution in [-0.2, 0) is 0 Å². The second kappa shape index (κ2) is 11.4. The molecule has 0 spiro atoms. The maximum absolute atomic E-state index is 5.72. The molecule has 31 heavy (non-hydrogen) atoms. The first kappa shape index (κ1) is 25.8. The Morgan fingerprint density at radius 2 is 1.06 bits per heavy atom. The second-order valence-electron chi connectivity index (χ2n) is 8.38. The van der Waals surface area contributed by atoms with Crippen LogP contribution in [0.25, 0.3) is 5.69 Å². The maximum atomic E-state index is 5.72. The highest BCUT2D eigenvalue weighted by molar-refractivity contribution is 7.80. The van der Waals surface area contributed by atoms with E-state index < -0.39 is 0 Å². The topological polar surface area (TPSA) is 36.1 Å². The van der Waals surface area contributed by atoms with Crippen molar-refractivity contribution >= 4 is 55.3 Å². The van der Waals surface area contributed by atoms with Crippen molar-refractivity contribution in [2.24, 2.45) is 9.98 Å². The number of aromatic nitrogens is 1. The van der Waals surface area contributed by atoms with Gasteiger partial charge in [-0.3, -0.25) is 4.57 Å². The normalized spacial score (nSPS) is 13.0. The molecule has 0 unspecified atom stereocenters. The van der Waals surface area contributed by atoms with Gasteiger partial charge in [0, 0.05) is 24.2 Å². The third-order valence-corrected chi connectivity index (χ3v) is 7.32. The largest absolute Gasteiger partial charge is 0.343 e. The number of benzene rings is 1. The average Bonchev–Trinajstić information content (AvgIpc) is 3.02. The van der Waals surface area contributed by atoms with Crippen LogP contribution in [0.1, 0.15) is 55.4 Å². The zero-order valence-electron chi connectivity index (χ0n) is 19.6. The molecule has 9 heteroatoms. The Kier molecular flexibility index (Phi) is 9.54. The van der Waals surface area contributed by atoms with Gasteiger partial charge in [0.1, 0.15) is 0 Å². The molecule has 0 radical (unpaired) electrons. The zero-order valence-corrected chi connectivity index (χ0v) is 22.8. The molecule has 2 aromatic rings. The molecule has 0 N–H and O–H groups in total. The van der Waals surface area contributed by atoms with Crippen LogP contribution in [0.5, 0.6) is 0 Å². The van der Waals surface area contributed by atoms with Gasteiger partial charge in [0.15, 0.2) is 10.2 Å². The summed E-state index contributed by atoms with van der Waals surface area (Å²) < 4.78 is 2.05. The molecular weight excluding hydrogens is 463 g/mol. The Bertz CT molecular complexity index is 935. The summed E-state index contributed by atoms with van der Waals surface area (Å²) in [4.78, 5) is 15.6. The summed E-state index contributed by atoms with van der Waals surface area (Å²) in [5, 5.41) is 1.17. The quantitative estimate of drug-likeness (QED) is 0.421. The summed E-state index contributed by atoms with van der Waals surface area (Å²) in [6.07, 6.45) is 0. The minimum atomic E-state index is 0.271. The fraction of sp³-hybridized carbons (Fsp3) is 0.545. The smallest absolute Gasteiger partial charge is 0.209 e. The predicted molar refractivity (Wildman–Crippen MR) is 142 cm³/mol. The molecule has 5 nitrogen and oxygen atoms in total. The van der Waals surface area contributed by atoms with E-state index in [0.29, 0.717) is 10.2 Å². The van der Waals surface area contributed by atoms with Crippen molar-refractivity contribution in [3.05, 3.63) is 39.9 Å². The van der Waals surface area contributed by atoms with Crippen LogP contribution < -0.4 is 9.60 Å². The fourth-order valence-electron chi connectivity index (χ4n) is 3.52. The van der Waals surface area contributed by atoms with E-state index in [4.69, 9.17) is 34.4 Å². The third kappa shape index (κ3) is 6.54. The summed E-state index contributed by atoms with van der Waals surface area (Å²) in [6.45, 7) is 17.1. The van der Waals surface area contributed by atoms with Crippen LogP contribution in [0.15, 0.2) is 40.3 Å². The molecule has 2 rings (SSSR count). The Morgan fingerprint density at radius 3 is 1.39 bits per heavy atom. The summed E-state index contributed by atoms with van der Waals surface area (Å²) in [5.74, 6) is 0. The first-order chi connectivity index (χ1) is 14.5. The van der Waals surface area contributed by atoms with E-state index in [0.717, 1.165) is 15.3 Å². The number of hydrogen-bond donors (Lipinski definition) is 0. The summed E-state index contributed by atoms with van der Waals surface area (Å²) >= 11 is 11.4. The first-order valence-electron chi connectivity index (χ1n) is 10.6. The Hall–Kier alpha value is -1.42. The minimum Gasteiger partial charge on any atom is -0.343 e. The molecule has 0 fully saturated rings. The van der Waals surface area contributed by atoms with Crippen molar-refractivity contribution in [3.63, 3.8) is 0 Å². The van der Waals surface area contributed by atoms with Crippen LogP contribution in [0.2, 0.25) is 0 Å². The van der Waals surface area contributed by atoms with Crippen LogP contribution in [0, 0.1) is 0 Å². The van der Waals surface area contributed by atoms with E-state index in [9.17, 15) is 0 Å². The van der Waals surface area contributed by atoms with Gasteiger partial charge in [-0.1, -0.05) is 18.2 Å². The highest BCUT2D eigenvalue weighted by Gasteiger charge is 2.19. The lowest BCUT2D eigenvalue weighted by Crippen LogP contribution is -2.42. The van der Waals surface area contributed by atoms with Crippen molar-refractivity contribution in [1.82, 2.24) is 14.4 Å². The van der Waals surface area contributed by atoms with Crippen LogP contribution in [-0.4, -0.2) is 48.8 Å². The zero-order chi connectivity index (χ0) is 23.3. The summed E-state index contributed by atoms with van der Waals surface area (Å²) in [7, 11) is 3.13. The predicted octanol–water partition coefficient (Wildman–Crippen LogP) is 5.21. The molecule has 1 aromatic carbocycles. The molecule has 0 bridgehead atoms. The number of nitrogens with zero attached hydrogens (tertiary/aromatic N) is 5. The number of thiocarbonyl (C=S) groups is 2. The van der Waals surface area contributed by atoms with Gasteiger partial charge < -0.3 is 9.80 Å². The number of para-hydroxylation sites is 1. The molecule has 1 heterocycles. The van der Waals surface area contributed by atoms with Gasteiger partial charge in [-0.2, -0.15) is 9.98 Å². The minimum absolute atomic E-state index is 0.271. The standard InChI is InChI=1S/C22H33N5S4/c1-14(2)25(15(3)4)19(28)23-21-27(18-12-10-9-11-13-18)22(31-30-21)24-20(29)26(16(5)6)17(7)8/h9-17H,1-8H3. The Balaban J connectivity index is 2.67. The monoisotopic (exact) mass is 495 g/mol. The highest BCUT2D eigenvalue weighted by atomic mass is 32.9. The fourth-order valence-corrected chi connectivity index (χ4v) is 6.76. The number of rotatable bonds is 5. The van der Waals surface area contributed by atoms with Gasteiger partial charge in [0.2, 0.25) is 9.60 Å². The third-order valence-electron chi connectivity index (χ3n) is 4.64. The van der Waals surface area contributed by atoms with Crippen molar-refractivity contribution < 1.29 is 0 Å². The molecule has 0 atom stereocenters. The van der Waals surface area contributed by atoms with E-state index >= 15 is 0 Å². The lowest BCUT2D eigenvalue weighted by molar-refractivity contribution is 0.294. The molecule has 170 valence electrons. The maximum Gasteiger partial charge on any atom is 0.209 e. The Morgan fingerprint density at radius 1 is 0.710 bits per heavy atom. The van der Waals surface area contributed by atoms with Gasteiger partial charge in [-0.15, -0.1) is 0 Å². The molecule has 0 aliphatic heterocycles. The van der Waals surface area contributed by atoms with E-state index in [-0.39, 0.29) is 24.2 Å². The average molecular weight is 496 g/mol. The van der Waals surface area contributed by atoms with Crippen molar-refractivity contribution in [2.45, 2.75) is 79.6 Å². The Labute approximate surface area is 204 Å². The van der Waals surface area contributed by atoms with Gasteiger partial charge >= 0.3 is 0 Å². The molecule has 1 aromatic heterocycles. The molecule has 0 amide bonds. The van der Waals surface area contributed by atoms with Gasteiger partial charge in [-0.05, 0) is 113 Å². The van der Waals surface area contributed by atoms with Crippen molar-refractivity contribution in [2.75, 3.05) is 0 Å². The van der Waals surface area contributed by atoms with Gasteiger partial charge in [0.05, 0.1) is 5.69 Å². The molecule has 0 aliphatic carbocycles. The summed E-state index contributed by atoms with van der Waals surface area (Å²) in [5.41, 5.74) is 0.990. The second-order valence-corrected chi connectivity index (χ2v) is 11.2. The molecular formula is C22H33N5S4.